The van der Waals surface area contributed by atoms with Crippen molar-refractivity contribution < 1.29 is 18.0 Å². The van der Waals surface area contributed by atoms with Gasteiger partial charge in [-0.1, -0.05) is 29.8 Å². The number of H-pyrrole nitrogens is 1. The molecule has 1 aliphatic rings. The Labute approximate surface area is 182 Å². The predicted octanol–water partition coefficient (Wildman–Crippen LogP) is 4.91. The number of hydrogen-bond donors (Lipinski definition) is 1. The van der Waals surface area contributed by atoms with Crippen molar-refractivity contribution in [1.29, 1.82) is 0 Å². The maximum Gasteiger partial charge on any atom is 0.417 e. The topological polar surface area (TPSA) is 52.2 Å². The van der Waals surface area contributed by atoms with Gasteiger partial charge in [0, 0.05) is 55.9 Å². The number of benzene rings is 1. The van der Waals surface area contributed by atoms with E-state index in [-0.39, 0.29) is 10.9 Å². The van der Waals surface area contributed by atoms with Crippen molar-refractivity contribution >= 4 is 34.2 Å². The van der Waals surface area contributed by atoms with Crippen LogP contribution in [-0.4, -0.2) is 47.0 Å². The quantitative estimate of drug-likeness (QED) is 0.614. The number of fused-ring (bicyclic) bond motifs is 1. The Morgan fingerprint density at radius 1 is 1.16 bits per heavy atom. The monoisotopic (exact) mass is 450 g/mol. The number of pyridine rings is 1. The maximum absolute atomic E-state index is 12.8. The lowest BCUT2D eigenvalue weighted by Gasteiger charge is -2.24. The fourth-order valence-electron chi connectivity index (χ4n) is 3.94. The van der Waals surface area contributed by atoms with Gasteiger partial charge in [0.2, 0.25) is 5.91 Å². The molecule has 0 spiro atoms. The minimum absolute atomic E-state index is 0.0334. The Kier molecular flexibility index (Phi) is 6.09. The van der Waals surface area contributed by atoms with E-state index in [1.807, 2.05) is 40.3 Å². The average molecular weight is 451 g/mol. The van der Waals surface area contributed by atoms with Crippen LogP contribution in [0, 0.1) is 0 Å². The number of aryl methyl sites for hydroxylation is 1. The number of carbonyl (C=O) groups is 1. The summed E-state index contributed by atoms with van der Waals surface area (Å²) in [6.07, 6.45) is 0.00686. The molecule has 1 N–H and O–H groups in total. The number of aromatic amines is 1. The van der Waals surface area contributed by atoms with Crippen molar-refractivity contribution in [3.05, 3.63) is 58.9 Å². The standard InChI is InChI=1S/C22H22ClF3N4O/c23-18-12-16(22(24,25)26)14-28-21(18)30-9-3-8-29(10-11-30)20(31)7-6-15-13-27-19-5-2-1-4-17(15)19/h1-2,4-5,12-14,27H,3,6-11H2. The zero-order valence-electron chi connectivity index (χ0n) is 16.8. The number of para-hydroxylation sites is 1. The third-order valence-corrected chi connectivity index (χ3v) is 5.86. The molecule has 0 saturated carbocycles. The predicted molar refractivity (Wildman–Crippen MR) is 114 cm³/mol. The second-order valence-corrected chi connectivity index (χ2v) is 8.02. The Morgan fingerprint density at radius 3 is 2.74 bits per heavy atom. The molecule has 1 amide bonds. The first-order valence-corrected chi connectivity index (χ1v) is 10.5. The van der Waals surface area contributed by atoms with Gasteiger partial charge in [-0.3, -0.25) is 4.79 Å². The summed E-state index contributed by atoms with van der Waals surface area (Å²) in [7, 11) is 0. The van der Waals surface area contributed by atoms with Gasteiger partial charge < -0.3 is 14.8 Å². The van der Waals surface area contributed by atoms with Crippen LogP contribution in [0.25, 0.3) is 10.9 Å². The summed E-state index contributed by atoms with van der Waals surface area (Å²) >= 11 is 6.09. The van der Waals surface area contributed by atoms with E-state index in [1.165, 1.54) is 0 Å². The molecule has 5 nitrogen and oxygen atoms in total. The molecule has 164 valence electrons. The number of hydrogen-bond acceptors (Lipinski definition) is 3. The second-order valence-electron chi connectivity index (χ2n) is 7.61. The SMILES string of the molecule is O=C(CCc1c[nH]c2ccccc12)N1CCCN(c2ncc(C(F)(F)F)cc2Cl)CC1. The van der Waals surface area contributed by atoms with Crippen LogP contribution in [0.3, 0.4) is 0 Å². The number of carbonyl (C=O) groups excluding carboxylic acids is 1. The lowest BCUT2D eigenvalue weighted by atomic mass is 10.1. The molecule has 3 heterocycles. The van der Waals surface area contributed by atoms with Gasteiger partial charge in [-0.25, -0.2) is 4.98 Å². The van der Waals surface area contributed by atoms with Crippen molar-refractivity contribution in [3.63, 3.8) is 0 Å². The van der Waals surface area contributed by atoms with Crippen molar-refractivity contribution in [1.82, 2.24) is 14.9 Å². The fraction of sp³-hybridized carbons (Fsp3) is 0.364. The van der Waals surface area contributed by atoms with Gasteiger partial charge in [0.05, 0.1) is 10.6 Å². The lowest BCUT2D eigenvalue weighted by molar-refractivity contribution is -0.137. The molecule has 2 aromatic heterocycles. The van der Waals surface area contributed by atoms with E-state index in [9.17, 15) is 18.0 Å². The highest BCUT2D eigenvalue weighted by molar-refractivity contribution is 6.33. The maximum atomic E-state index is 12.8. The molecule has 0 aliphatic carbocycles. The minimum atomic E-state index is -4.48. The van der Waals surface area contributed by atoms with Crippen molar-refractivity contribution in [3.8, 4) is 0 Å². The molecule has 0 bridgehead atoms. The third-order valence-electron chi connectivity index (χ3n) is 5.58. The number of nitrogens with zero attached hydrogens (tertiary/aromatic N) is 3. The molecule has 4 rings (SSSR count). The van der Waals surface area contributed by atoms with E-state index >= 15 is 0 Å². The van der Waals surface area contributed by atoms with E-state index in [0.717, 1.165) is 28.7 Å². The largest absolute Gasteiger partial charge is 0.417 e. The van der Waals surface area contributed by atoms with Crippen molar-refractivity contribution in [2.24, 2.45) is 0 Å². The van der Waals surface area contributed by atoms with Gasteiger partial charge in [0.25, 0.3) is 0 Å². The summed E-state index contributed by atoms with van der Waals surface area (Å²) in [5.41, 5.74) is 1.29. The van der Waals surface area contributed by atoms with Gasteiger partial charge in [0.1, 0.15) is 5.82 Å². The van der Waals surface area contributed by atoms with E-state index in [0.29, 0.717) is 51.3 Å². The van der Waals surface area contributed by atoms with E-state index < -0.39 is 11.7 Å². The van der Waals surface area contributed by atoms with E-state index in [1.54, 1.807) is 0 Å². The van der Waals surface area contributed by atoms with Gasteiger partial charge in [-0.05, 0) is 30.5 Å². The second kappa shape index (κ2) is 8.78. The molecule has 31 heavy (non-hydrogen) atoms. The normalized spacial score (nSPS) is 15.4. The van der Waals surface area contributed by atoms with E-state index in [4.69, 9.17) is 11.6 Å². The van der Waals surface area contributed by atoms with Gasteiger partial charge in [-0.2, -0.15) is 13.2 Å². The van der Waals surface area contributed by atoms with Crippen LogP contribution in [-0.2, 0) is 17.4 Å². The highest BCUT2D eigenvalue weighted by Gasteiger charge is 2.32. The summed E-state index contributed by atoms with van der Waals surface area (Å²) in [5, 5.41) is 1.09. The highest BCUT2D eigenvalue weighted by Crippen LogP contribution is 2.33. The van der Waals surface area contributed by atoms with Crippen LogP contribution in [0.4, 0.5) is 19.0 Å². The molecule has 1 fully saturated rings. The smallest absolute Gasteiger partial charge is 0.361 e. The molecule has 1 saturated heterocycles. The highest BCUT2D eigenvalue weighted by atomic mass is 35.5. The summed E-state index contributed by atoms with van der Waals surface area (Å²) in [4.78, 5) is 23.6. The molecule has 1 aromatic carbocycles. The van der Waals surface area contributed by atoms with Crippen LogP contribution in [0.2, 0.25) is 5.02 Å². The molecule has 9 heteroatoms. The number of rotatable bonds is 4. The van der Waals surface area contributed by atoms with Gasteiger partial charge >= 0.3 is 6.18 Å². The Balaban J connectivity index is 1.37. The third kappa shape index (κ3) is 4.79. The van der Waals surface area contributed by atoms with Crippen molar-refractivity contribution in [2.45, 2.75) is 25.4 Å². The summed E-state index contributed by atoms with van der Waals surface area (Å²) in [5.74, 6) is 0.390. The number of anilines is 1. The zero-order valence-corrected chi connectivity index (χ0v) is 17.5. The Morgan fingerprint density at radius 2 is 1.97 bits per heavy atom. The number of nitrogens with one attached hydrogen (secondary N) is 1. The van der Waals surface area contributed by atoms with Crippen LogP contribution in [0.5, 0.6) is 0 Å². The summed E-state index contributed by atoms with van der Waals surface area (Å²) in [6.45, 7) is 2.12. The zero-order chi connectivity index (χ0) is 22.0. The van der Waals surface area contributed by atoms with Crippen LogP contribution >= 0.6 is 11.6 Å². The van der Waals surface area contributed by atoms with Crippen LogP contribution < -0.4 is 4.90 Å². The molecule has 3 aromatic rings. The fourth-order valence-corrected chi connectivity index (χ4v) is 4.22. The van der Waals surface area contributed by atoms with Crippen molar-refractivity contribution in [2.75, 3.05) is 31.1 Å². The summed E-state index contributed by atoms with van der Waals surface area (Å²) in [6, 6.07) is 8.89. The first kappa shape index (κ1) is 21.5. The molecule has 0 atom stereocenters. The number of aromatic nitrogens is 2. The molecule has 1 aliphatic heterocycles. The number of halogens is 4. The van der Waals surface area contributed by atoms with Gasteiger partial charge in [0.15, 0.2) is 0 Å². The molecular weight excluding hydrogens is 429 g/mol. The average Bonchev–Trinajstić information content (AvgIpc) is 2.99. The molecule has 0 unspecified atom stereocenters. The Hall–Kier alpha value is -2.74. The van der Waals surface area contributed by atoms with E-state index in [2.05, 4.69) is 9.97 Å². The number of amides is 1. The van der Waals surface area contributed by atoms with Crippen LogP contribution in [0.1, 0.15) is 24.0 Å². The first-order chi connectivity index (χ1) is 14.8. The molecule has 0 radical (unpaired) electrons. The first-order valence-electron chi connectivity index (χ1n) is 10.1. The number of alkyl halides is 3. The summed E-state index contributed by atoms with van der Waals surface area (Å²) < 4.78 is 38.5. The van der Waals surface area contributed by atoms with Crippen LogP contribution in [0.15, 0.2) is 42.7 Å². The Bertz CT molecular complexity index is 1080. The molecular formula is C22H22ClF3N4O. The minimum Gasteiger partial charge on any atom is -0.361 e. The van der Waals surface area contributed by atoms with Gasteiger partial charge in [-0.15, -0.1) is 0 Å². The lowest BCUT2D eigenvalue weighted by Crippen LogP contribution is -2.35.